The molecule has 0 N–H and O–H groups in total. The lowest BCUT2D eigenvalue weighted by atomic mass is 9.80. The summed E-state index contributed by atoms with van der Waals surface area (Å²) in [5.74, 6) is 3.73. The Kier molecular flexibility index (Phi) is 5.10. The van der Waals surface area contributed by atoms with Crippen LogP contribution in [0, 0.1) is 0 Å². The standard InChI is InChI=1S/C24H28NO4.BrH/c1-2-3-4-8-25-9-7-17-11-22-23(28-14-27-22)12-18(17)20(25)10-16-5-6-21-24(19(16)13-25)29-15-26-21;/h5-6,11-12,20H,2-4,7-10,13-15H2,1H3;1H/q+1;/p-1. The molecule has 30 heavy (non-hydrogen) atoms. The Bertz CT molecular complexity index is 978. The van der Waals surface area contributed by atoms with Crippen LogP contribution in [0.5, 0.6) is 23.0 Å². The van der Waals surface area contributed by atoms with Crippen LogP contribution in [0.25, 0.3) is 0 Å². The Morgan fingerprint density at radius 1 is 0.933 bits per heavy atom. The number of rotatable bonds is 4. The first-order valence-electron chi connectivity index (χ1n) is 11.0. The number of hydrogen-bond donors (Lipinski definition) is 0. The Morgan fingerprint density at radius 3 is 2.60 bits per heavy atom. The van der Waals surface area contributed by atoms with Gasteiger partial charge in [0.15, 0.2) is 23.0 Å². The molecule has 160 valence electrons. The lowest BCUT2D eigenvalue weighted by molar-refractivity contribution is -0.973. The van der Waals surface area contributed by atoms with Gasteiger partial charge in [-0.25, -0.2) is 0 Å². The second kappa shape index (κ2) is 7.65. The molecular formula is C24H28BrNO4. The van der Waals surface area contributed by atoms with Crippen LogP contribution in [0.3, 0.4) is 0 Å². The van der Waals surface area contributed by atoms with Crippen molar-refractivity contribution in [3.8, 4) is 23.0 Å². The van der Waals surface area contributed by atoms with E-state index in [1.165, 1.54) is 54.6 Å². The minimum Gasteiger partial charge on any atom is -1.00 e. The molecule has 2 aromatic carbocycles. The lowest BCUT2D eigenvalue weighted by Gasteiger charge is -2.51. The average Bonchev–Trinajstić information content (AvgIpc) is 3.40. The normalized spacial score (nSPS) is 24.5. The van der Waals surface area contributed by atoms with Crippen molar-refractivity contribution in [3.63, 3.8) is 0 Å². The van der Waals surface area contributed by atoms with Gasteiger partial charge in [0.25, 0.3) is 0 Å². The number of halogens is 1. The van der Waals surface area contributed by atoms with E-state index in [0.29, 0.717) is 19.6 Å². The van der Waals surface area contributed by atoms with Gasteiger partial charge in [0.05, 0.1) is 18.7 Å². The molecular weight excluding hydrogens is 446 g/mol. The van der Waals surface area contributed by atoms with E-state index in [1.54, 1.807) is 0 Å². The molecule has 4 aliphatic rings. The quantitative estimate of drug-likeness (QED) is 0.498. The van der Waals surface area contributed by atoms with Crippen LogP contribution in [-0.4, -0.2) is 31.2 Å². The number of fused-ring (bicyclic) bond motifs is 7. The van der Waals surface area contributed by atoms with Crippen molar-refractivity contribution >= 4 is 0 Å². The average molecular weight is 474 g/mol. The van der Waals surface area contributed by atoms with Crippen molar-refractivity contribution < 1.29 is 40.4 Å². The van der Waals surface area contributed by atoms with E-state index in [0.717, 1.165) is 46.9 Å². The maximum atomic E-state index is 5.91. The van der Waals surface area contributed by atoms with E-state index in [-0.39, 0.29) is 17.0 Å². The SMILES string of the molecule is CCCCC[N+]12CCc3cc4c(cc3C1Cc1ccc3c(c1C2)OCO3)OCO4.[Br-]. The number of quaternary nitrogens is 1. The van der Waals surface area contributed by atoms with E-state index in [2.05, 4.69) is 31.2 Å². The minimum absolute atomic E-state index is 0. The molecule has 4 aliphatic heterocycles. The van der Waals surface area contributed by atoms with Crippen molar-refractivity contribution in [3.05, 3.63) is 46.5 Å². The summed E-state index contributed by atoms with van der Waals surface area (Å²) in [7, 11) is 0. The molecule has 0 aromatic heterocycles. The van der Waals surface area contributed by atoms with E-state index in [1.807, 2.05) is 0 Å². The third-order valence-electron chi connectivity index (χ3n) is 7.31. The Balaban J connectivity index is 0.00000193. The third-order valence-corrected chi connectivity index (χ3v) is 7.31. The Morgan fingerprint density at radius 2 is 1.73 bits per heavy atom. The van der Waals surface area contributed by atoms with Gasteiger partial charge in [0.1, 0.15) is 12.6 Å². The van der Waals surface area contributed by atoms with E-state index in [9.17, 15) is 0 Å². The molecule has 0 bridgehead atoms. The number of hydrogen-bond acceptors (Lipinski definition) is 4. The van der Waals surface area contributed by atoms with Gasteiger partial charge < -0.3 is 40.4 Å². The van der Waals surface area contributed by atoms with Crippen molar-refractivity contribution in [1.29, 1.82) is 0 Å². The maximum Gasteiger partial charge on any atom is 0.231 e. The van der Waals surface area contributed by atoms with Crippen LogP contribution >= 0.6 is 0 Å². The van der Waals surface area contributed by atoms with E-state index < -0.39 is 0 Å². The molecule has 6 heteroatoms. The molecule has 0 amide bonds. The Hall–Kier alpha value is -1.92. The van der Waals surface area contributed by atoms with Gasteiger partial charge in [0.2, 0.25) is 13.6 Å². The number of ether oxygens (including phenoxy) is 4. The fourth-order valence-electron chi connectivity index (χ4n) is 5.80. The molecule has 0 saturated heterocycles. The first-order chi connectivity index (χ1) is 14.3. The maximum absolute atomic E-state index is 5.91. The van der Waals surface area contributed by atoms with Crippen LogP contribution in [0.15, 0.2) is 24.3 Å². The third kappa shape index (κ3) is 2.99. The summed E-state index contributed by atoms with van der Waals surface area (Å²) in [5.41, 5.74) is 5.68. The molecule has 6 rings (SSSR count). The summed E-state index contributed by atoms with van der Waals surface area (Å²) in [4.78, 5) is 0. The smallest absolute Gasteiger partial charge is 0.231 e. The van der Waals surface area contributed by atoms with Gasteiger partial charge >= 0.3 is 0 Å². The van der Waals surface area contributed by atoms with Gasteiger partial charge in [-0.2, -0.15) is 0 Å². The summed E-state index contributed by atoms with van der Waals surface area (Å²) in [6.45, 7) is 6.39. The van der Waals surface area contributed by atoms with Crippen LogP contribution in [0.4, 0.5) is 0 Å². The van der Waals surface area contributed by atoms with Crippen LogP contribution < -0.4 is 35.9 Å². The summed E-state index contributed by atoms with van der Waals surface area (Å²) >= 11 is 0. The topological polar surface area (TPSA) is 36.9 Å². The van der Waals surface area contributed by atoms with Crippen LogP contribution in [-0.2, 0) is 19.4 Å². The van der Waals surface area contributed by atoms with E-state index >= 15 is 0 Å². The predicted molar refractivity (Wildman–Crippen MR) is 109 cm³/mol. The van der Waals surface area contributed by atoms with Crippen molar-refractivity contribution in [2.75, 3.05) is 26.7 Å². The second-order valence-electron chi connectivity index (χ2n) is 8.84. The zero-order chi connectivity index (χ0) is 19.4. The second-order valence-corrected chi connectivity index (χ2v) is 8.84. The minimum atomic E-state index is 0. The fraction of sp³-hybridized carbons (Fsp3) is 0.500. The van der Waals surface area contributed by atoms with Crippen molar-refractivity contribution in [2.24, 2.45) is 0 Å². The molecule has 0 spiro atoms. The first kappa shape index (κ1) is 20.0. The monoisotopic (exact) mass is 473 g/mol. The number of unbranched alkanes of at least 4 members (excludes halogenated alkanes) is 2. The molecule has 2 atom stereocenters. The number of benzene rings is 2. The van der Waals surface area contributed by atoms with Gasteiger partial charge in [-0.3, -0.25) is 0 Å². The van der Waals surface area contributed by atoms with E-state index in [4.69, 9.17) is 18.9 Å². The van der Waals surface area contributed by atoms with Gasteiger partial charge in [-0.15, -0.1) is 0 Å². The molecule has 0 saturated carbocycles. The molecule has 2 unspecified atom stereocenters. The zero-order valence-electron chi connectivity index (χ0n) is 17.4. The molecule has 0 aliphatic carbocycles. The lowest BCUT2D eigenvalue weighted by Crippen LogP contribution is -3.00. The van der Waals surface area contributed by atoms with Crippen LogP contribution in [0.1, 0.15) is 54.5 Å². The van der Waals surface area contributed by atoms with Crippen molar-refractivity contribution in [1.82, 2.24) is 0 Å². The highest BCUT2D eigenvalue weighted by Crippen LogP contribution is 2.51. The highest BCUT2D eigenvalue weighted by molar-refractivity contribution is 5.54. The van der Waals surface area contributed by atoms with Gasteiger partial charge in [-0.05, 0) is 42.2 Å². The first-order valence-corrected chi connectivity index (χ1v) is 11.0. The van der Waals surface area contributed by atoms with Gasteiger partial charge in [-0.1, -0.05) is 19.4 Å². The summed E-state index contributed by atoms with van der Waals surface area (Å²) in [5, 5.41) is 0. The summed E-state index contributed by atoms with van der Waals surface area (Å²) < 4.78 is 24.1. The predicted octanol–water partition coefficient (Wildman–Crippen LogP) is 1.51. The zero-order valence-corrected chi connectivity index (χ0v) is 19.0. The van der Waals surface area contributed by atoms with Crippen LogP contribution in [0.2, 0.25) is 0 Å². The molecule has 5 nitrogen and oxygen atoms in total. The molecule has 2 aromatic rings. The highest BCUT2D eigenvalue weighted by atomic mass is 79.9. The highest BCUT2D eigenvalue weighted by Gasteiger charge is 2.47. The summed E-state index contributed by atoms with van der Waals surface area (Å²) in [6, 6.07) is 9.31. The van der Waals surface area contributed by atoms with Crippen molar-refractivity contribution in [2.45, 2.75) is 51.6 Å². The largest absolute Gasteiger partial charge is 1.00 e. The Labute approximate surface area is 188 Å². The fourth-order valence-corrected chi connectivity index (χ4v) is 5.80. The summed E-state index contributed by atoms with van der Waals surface area (Å²) in [6.07, 6.45) is 5.96. The molecule has 0 fully saturated rings. The van der Waals surface area contributed by atoms with Gasteiger partial charge in [0, 0.05) is 18.4 Å². The molecule has 4 heterocycles. The molecule has 0 radical (unpaired) electrons. The number of nitrogens with zero attached hydrogens (tertiary/aromatic N) is 1.